The van der Waals surface area contributed by atoms with Gasteiger partial charge in [-0.05, 0) is 43.7 Å². The number of benzene rings is 1. The highest BCUT2D eigenvalue weighted by Gasteiger charge is 2.16. The maximum absolute atomic E-state index is 13.2. The molecule has 0 aliphatic rings. The van der Waals surface area contributed by atoms with E-state index in [1.165, 1.54) is 4.88 Å². The van der Waals surface area contributed by atoms with Crippen molar-refractivity contribution in [1.29, 1.82) is 0 Å². The quantitative estimate of drug-likeness (QED) is 0.554. The summed E-state index contributed by atoms with van der Waals surface area (Å²) in [6, 6.07) is 13.3. The number of aryl methyl sites for hydroxylation is 2. The molecule has 0 unspecified atom stereocenters. The van der Waals surface area contributed by atoms with Gasteiger partial charge in [0.1, 0.15) is 11.6 Å². The van der Waals surface area contributed by atoms with E-state index in [0.717, 1.165) is 16.6 Å². The zero-order chi connectivity index (χ0) is 16.7. The van der Waals surface area contributed by atoms with Crippen LogP contribution in [-0.2, 0) is 0 Å². The number of pyridine rings is 1. The van der Waals surface area contributed by atoms with E-state index in [1.807, 2.05) is 55.6 Å². The van der Waals surface area contributed by atoms with E-state index < -0.39 is 0 Å². The zero-order valence-corrected chi connectivity index (χ0v) is 14.2. The Morgan fingerprint density at radius 1 is 1.08 bits per heavy atom. The van der Waals surface area contributed by atoms with Gasteiger partial charge in [0.05, 0.1) is 10.9 Å². The molecule has 0 saturated heterocycles. The second-order valence-corrected chi connectivity index (χ2v) is 6.80. The molecule has 1 aromatic carbocycles. The lowest BCUT2D eigenvalue weighted by Gasteiger charge is -2.12. The Hall–Kier alpha value is -2.79. The van der Waals surface area contributed by atoms with Crippen LogP contribution in [0.5, 0.6) is 0 Å². The minimum atomic E-state index is -0.0961. The van der Waals surface area contributed by atoms with Gasteiger partial charge in [0.25, 0.3) is 5.56 Å². The summed E-state index contributed by atoms with van der Waals surface area (Å²) < 4.78 is 1.60. The van der Waals surface area contributed by atoms with Gasteiger partial charge in [-0.2, -0.15) is 0 Å². The number of rotatable bonds is 2. The Labute approximate surface area is 143 Å². The van der Waals surface area contributed by atoms with Crippen LogP contribution in [0, 0.1) is 13.8 Å². The van der Waals surface area contributed by atoms with E-state index in [4.69, 9.17) is 4.98 Å². The van der Waals surface area contributed by atoms with Crippen molar-refractivity contribution in [1.82, 2.24) is 14.5 Å². The number of fused-ring (bicyclic) bond motifs is 1. The minimum absolute atomic E-state index is 0.0961. The third-order valence-corrected chi connectivity index (χ3v) is 4.83. The number of thiophene rings is 1. The maximum Gasteiger partial charge on any atom is 0.267 e. The summed E-state index contributed by atoms with van der Waals surface area (Å²) in [4.78, 5) is 23.5. The van der Waals surface area contributed by atoms with Gasteiger partial charge in [-0.25, -0.2) is 14.5 Å². The molecule has 0 saturated carbocycles. The summed E-state index contributed by atoms with van der Waals surface area (Å²) in [5.41, 5.74) is 2.58. The van der Waals surface area contributed by atoms with E-state index in [9.17, 15) is 4.79 Å². The molecule has 3 heterocycles. The van der Waals surface area contributed by atoms with Gasteiger partial charge in [-0.3, -0.25) is 4.79 Å². The minimum Gasteiger partial charge on any atom is -0.268 e. The van der Waals surface area contributed by atoms with Gasteiger partial charge in [-0.15, -0.1) is 11.3 Å². The molecule has 5 heteroatoms. The van der Waals surface area contributed by atoms with Crippen LogP contribution >= 0.6 is 11.3 Å². The van der Waals surface area contributed by atoms with Crippen LogP contribution in [0.2, 0.25) is 0 Å². The molecule has 0 atom stereocenters. The number of para-hydroxylation sites is 1. The van der Waals surface area contributed by atoms with Gasteiger partial charge < -0.3 is 0 Å². The number of hydrogen-bond donors (Lipinski definition) is 0. The fourth-order valence-corrected chi connectivity index (χ4v) is 3.49. The first-order chi connectivity index (χ1) is 11.6. The first-order valence-electron chi connectivity index (χ1n) is 7.64. The molecule has 4 rings (SSSR count). The zero-order valence-electron chi connectivity index (χ0n) is 13.4. The molecule has 4 aromatic rings. The van der Waals surface area contributed by atoms with Crippen LogP contribution in [0.3, 0.4) is 0 Å². The highest BCUT2D eigenvalue weighted by Crippen LogP contribution is 2.26. The van der Waals surface area contributed by atoms with Crippen molar-refractivity contribution in [3.8, 4) is 17.2 Å². The molecule has 0 bridgehead atoms. The Morgan fingerprint density at radius 2 is 1.96 bits per heavy atom. The molecule has 24 heavy (non-hydrogen) atoms. The normalized spacial score (nSPS) is 11.1. The SMILES string of the molecule is Cc1cc(-c2nc3c(C)cccc3c(=O)n2-c2ccccn2)cs1. The molecular weight excluding hydrogens is 318 g/mol. The fraction of sp³-hybridized carbons (Fsp3) is 0.105. The Bertz CT molecular complexity index is 1100. The molecule has 0 aliphatic heterocycles. The summed E-state index contributed by atoms with van der Waals surface area (Å²) >= 11 is 1.64. The third kappa shape index (κ3) is 2.34. The van der Waals surface area contributed by atoms with Crippen molar-refractivity contribution >= 4 is 22.2 Å². The highest BCUT2D eigenvalue weighted by molar-refractivity contribution is 7.10. The van der Waals surface area contributed by atoms with Crippen LogP contribution in [0.4, 0.5) is 0 Å². The topological polar surface area (TPSA) is 47.8 Å². The lowest BCUT2D eigenvalue weighted by atomic mass is 10.1. The van der Waals surface area contributed by atoms with Gasteiger partial charge in [0.2, 0.25) is 0 Å². The largest absolute Gasteiger partial charge is 0.268 e. The molecule has 3 aromatic heterocycles. The van der Waals surface area contributed by atoms with Crippen LogP contribution in [0.15, 0.2) is 58.8 Å². The summed E-state index contributed by atoms with van der Waals surface area (Å²) in [6.07, 6.45) is 1.69. The molecule has 0 fully saturated rings. The third-order valence-electron chi connectivity index (χ3n) is 3.97. The first-order valence-corrected chi connectivity index (χ1v) is 8.52. The van der Waals surface area contributed by atoms with Gasteiger partial charge in [-0.1, -0.05) is 18.2 Å². The Balaban J connectivity index is 2.16. The van der Waals surface area contributed by atoms with E-state index in [1.54, 1.807) is 22.1 Å². The van der Waals surface area contributed by atoms with Crippen molar-refractivity contribution < 1.29 is 0 Å². The summed E-state index contributed by atoms with van der Waals surface area (Å²) in [5, 5.41) is 2.64. The standard InChI is InChI=1S/C19H15N3OS/c1-12-6-5-7-15-17(12)21-18(14-10-13(2)24-11-14)22(19(15)23)16-8-3-4-9-20-16/h3-11H,1-2H3. The van der Waals surface area contributed by atoms with Crippen molar-refractivity contribution in [3.05, 3.63) is 74.8 Å². The van der Waals surface area contributed by atoms with Crippen molar-refractivity contribution in [3.63, 3.8) is 0 Å². The molecule has 0 radical (unpaired) electrons. The number of hydrogen-bond acceptors (Lipinski definition) is 4. The number of nitrogens with zero attached hydrogens (tertiary/aromatic N) is 3. The van der Waals surface area contributed by atoms with Gasteiger partial charge in [0, 0.05) is 22.0 Å². The average Bonchev–Trinajstić information content (AvgIpc) is 3.03. The maximum atomic E-state index is 13.2. The second-order valence-electron chi connectivity index (χ2n) is 5.68. The smallest absolute Gasteiger partial charge is 0.267 e. The van der Waals surface area contributed by atoms with Crippen molar-refractivity contribution in [2.45, 2.75) is 13.8 Å². The summed E-state index contributed by atoms with van der Waals surface area (Å²) in [5.74, 6) is 1.21. The van der Waals surface area contributed by atoms with E-state index in [2.05, 4.69) is 11.1 Å². The molecule has 0 aliphatic carbocycles. The van der Waals surface area contributed by atoms with Crippen molar-refractivity contribution in [2.75, 3.05) is 0 Å². The molecule has 0 amide bonds. The lowest BCUT2D eigenvalue weighted by Crippen LogP contribution is -2.22. The van der Waals surface area contributed by atoms with E-state index in [-0.39, 0.29) is 5.56 Å². The first kappa shape index (κ1) is 14.8. The number of aromatic nitrogens is 3. The molecular formula is C19H15N3OS. The van der Waals surface area contributed by atoms with Crippen LogP contribution < -0.4 is 5.56 Å². The van der Waals surface area contributed by atoms with Crippen LogP contribution in [-0.4, -0.2) is 14.5 Å². The van der Waals surface area contributed by atoms with Crippen molar-refractivity contribution in [2.24, 2.45) is 0 Å². The van der Waals surface area contributed by atoms with Gasteiger partial charge in [0.15, 0.2) is 0 Å². The second kappa shape index (κ2) is 5.69. The summed E-state index contributed by atoms with van der Waals surface area (Å²) in [6.45, 7) is 4.02. The van der Waals surface area contributed by atoms with E-state index in [0.29, 0.717) is 17.0 Å². The molecule has 118 valence electrons. The average molecular weight is 333 g/mol. The predicted octanol–water partition coefficient (Wildman–Crippen LogP) is 4.13. The molecule has 0 N–H and O–H groups in total. The lowest BCUT2D eigenvalue weighted by molar-refractivity contribution is 0.932. The van der Waals surface area contributed by atoms with Crippen LogP contribution in [0.1, 0.15) is 10.4 Å². The molecule has 4 nitrogen and oxygen atoms in total. The van der Waals surface area contributed by atoms with Crippen LogP contribution in [0.25, 0.3) is 28.1 Å². The Morgan fingerprint density at radius 3 is 2.67 bits per heavy atom. The van der Waals surface area contributed by atoms with Gasteiger partial charge >= 0.3 is 0 Å². The summed E-state index contributed by atoms with van der Waals surface area (Å²) in [7, 11) is 0. The fourth-order valence-electron chi connectivity index (χ4n) is 2.81. The predicted molar refractivity (Wildman–Crippen MR) is 97.9 cm³/mol. The van der Waals surface area contributed by atoms with E-state index >= 15 is 0 Å². The molecule has 0 spiro atoms. The monoisotopic (exact) mass is 333 g/mol. The Kier molecular flexibility index (Phi) is 3.50. The highest BCUT2D eigenvalue weighted by atomic mass is 32.1.